The van der Waals surface area contributed by atoms with E-state index in [9.17, 15) is 14.7 Å². The Morgan fingerprint density at radius 3 is 2.45 bits per heavy atom. The molecule has 2 aromatic carbocycles. The zero-order chi connectivity index (χ0) is 37.8. The number of hydrogen-bond acceptors (Lipinski definition) is 9. The minimum absolute atomic E-state index is 0.00418. The Kier molecular flexibility index (Phi) is 13.6. The predicted octanol–water partition coefficient (Wildman–Crippen LogP) is 4.37. The lowest BCUT2D eigenvalue weighted by Gasteiger charge is -2.50. The van der Waals surface area contributed by atoms with Gasteiger partial charge in [-0.25, -0.2) is 0 Å². The smallest absolute Gasteiger partial charge is 0.251 e. The maximum Gasteiger partial charge on any atom is 0.251 e. The number of carbonyl (C=O) groups excluding carboxylic acids is 2. The van der Waals surface area contributed by atoms with Gasteiger partial charge in [-0.05, 0) is 81.3 Å². The van der Waals surface area contributed by atoms with Crippen molar-refractivity contribution >= 4 is 17.5 Å². The lowest BCUT2D eigenvalue weighted by molar-refractivity contribution is -0.174. The predicted molar refractivity (Wildman–Crippen MR) is 205 cm³/mol. The second-order valence-electron chi connectivity index (χ2n) is 15.9. The molecule has 2 aliphatic rings. The van der Waals surface area contributed by atoms with Crippen LogP contribution >= 0.6 is 0 Å². The molecule has 4 rings (SSSR count). The number of aliphatic hydroxyl groups excluding tert-OH is 1. The first-order valence-electron chi connectivity index (χ1n) is 18.6. The largest absolute Gasteiger partial charge is 0.493 e. The number of nitrogens with one attached hydrogen (secondary N) is 2. The highest BCUT2D eigenvalue weighted by atomic mass is 16.7. The van der Waals surface area contributed by atoms with Gasteiger partial charge in [0, 0.05) is 68.1 Å². The van der Waals surface area contributed by atoms with E-state index in [-0.39, 0.29) is 42.3 Å². The fraction of sp³-hybridized carbons (Fsp3) is 0.650. The van der Waals surface area contributed by atoms with Crippen LogP contribution in [0.2, 0.25) is 0 Å². The highest BCUT2D eigenvalue weighted by molar-refractivity contribution is 5.97. The molecule has 11 nitrogen and oxygen atoms in total. The average Bonchev–Trinajstić information content (AvgIpc) is 3.45. The van der Waals surface area contributed by atoms with Crippen molar-refractivity contribution < 1.29 is 24.3 Å². The highest BCUT2D eigenvalue weighted by Crippen LogP contribution is 2.47. The molecule has 8 atom stereocenters. The Labute approximate surface area is 306 Å². The normalized spacial score (nSPS) is 26.9. The summed E-state index contributed by atoms with van der Waals surface area (Å²) in [5.41, 5.74) is 10.3. The Morgan fingerprint density at radius 2 is 1.84 bits per heavy atom. The molecule has 0 radical (unpaired) electrons. The lowest BCUT2D eigenvalue weighted by Crippen LogP contribution is -2.56. The first-order valence-corrected chi connectivity index (χ1v) is 18.6. The van der Waals surface area contributed by atoms with Gasteiger partial charge in [-0.3, -0.25) is 14.4 Å². The first kappa shape index (κ1) is 40.5. The van der Waals surface area contributed by atoms with Gasteiger partial charge in [0.1, 0.15) is 11.8 Å². The van der Waals surface area contributed by atoms with Crippen molar-refractivity contribution in [2.75, 3.05) is 59.3 Å². The molecule has 1 saturated heterocycles. The van der Waals surface area contributed by atoms with E-state index in [1.54, 1.807) is 12.0 Å². The molecular weight excluding hydrogens is 644 g/mol. The summed E-state index contributed by atoms with van der Waals surface area (Å²) in [7, 11) is 7.84. The van der Waals surface area contributed by atoms with Crippen molar-refractivity contribution in [3.63, 3.8) is 0 Å². The van der Waals surface area contributed by atoms with E-state index in [1.807, 2.05) is 81.3 Å². The van der Waals surface area contributed by atoms with Crippen molar-refractivity contribution in [2.24, 2.45) is 34.8 Å². The maximum atomic E-state index is 14.4. The summed E-state index contributed by atoms with van der Waals surface area (Å²) < 4.78 is 6.35. The van der Waals surface area contributed by atoms with E-state index in [1.165, 1.54) is 0 Å². The molecular formula is C40H64N6O5. The fourth-order valence-electron chi connectivity index (χ4n) is 7.82. The van der Waals surface area contributed by atoms with Gasteiger partial charge in [0.05, 0.1) is 25.4 Å². The molecule has 11 heteroatoms. The van der Waals surface area contributed by atoms with Gasteiger partial charge in [-0.1, -0.05) is 52.8 Å². The molecule has 2 amide bonds. The number of amides is 2. The number of nitrogens with zero attached hydrogens (tertiary/aromatic N) is 3. The molecule has 1 heterocycles. The van der Waals surface area contributed by atoms with Gasteiger partial charge < -0.3 is 36.0 Å². The van der Waals surface area contributed by atoms with Crippen molar-refractivity contribution in [1.82, 2.24) is 20.6 Å². The molecule has 284 valence electrons. The zero-order valence-electron chi connectivity index (χ0n) is 32.8. The Morgan fingerprint density at radius 1 is 1.14 bits per heavy atom. The standard InChI is InChI=1S/C40H64N6O5/c1-12-50-37-28(14-13-15-32(37)29-19-30(21-31(20-29)45(10)11)38(48)42-16-17-44(8)9)23-46-36(35(27(5)47)34(22-41)51-46)39(49)43-33-18-24(2)40(6,7)26(4)25(33)3/h13-15,19-21,24-27,33-36,47H,12,16-18,22-23,41H2,1-11H3,(H,42,48)(H,43,49)/t24-,25+,26+,27+,33+,34+,35-,36+/m1/s1. The van der Waals surface area contributed by atoms with Crippen LogP contribution < -0.4 is 26.0 Å². The summed E-state index contributed by atoms with van der Waals surface area (Å²) >= 11 is 0. The van der Waals surface area contributed by atoms with Crippen LogP contribution in [0.1, 0.15) is 70.8 Å². The number of anilines is 1. The maximum absolute atomic E-state index is 14.4. The number of hydroxylamine groups is 2. The summed E-state index contributed by atoms with van der Waals surface area (Å²) in [6.45, 7) is 17.1. The van der Waals surface area contributed by atoms with E-state index in [0.717, 1.165) is 35.3 Å². The summed E-state index contributed by atoms with van der Waals surface area (Å²) in [5, 5.41) is 19.1. The molecule has 1 saturated carbocycles. The van der Waals surface area contributed by atoms with Crippen LogP contribution in [0.4, 0.5) is 5.69 Å². The van der Waals surface area contributed by atoms with E-state index in [2.05, 4.69) is 45.3 Å². The van der Waals surface area contributed by atoms with Gasteiger partial charge in [-0.2, -0.15) is 5.06 Å². The molecule has 0 unspecified atom stereocenters. The van der Waals surface area contributed by atoms with Crippen LogP contribution in [0.3, 0.4) is 0 Å². The van der Waals surface area contributed by atoms with E-state index >= 15 is 0 Å². The van der Waals surface area contributed by atoms with Crippen molar-refractivity contribution in [3.05, 3.63) is 47.5 Å². The number of para-hydroxylation sites is 1. The number of aliphatic hydroxyl groups is 1. The first-order chi connectivity index (χ1) is 24.0. The van der Waals surface area contributed by atoms with Gasteiger partial charge in [0.2, 0.25) is 5.91 Å². The van der Waals surface area contributed by atoms with Crippen LogP contribution in [0.25, 0.3) is 11.1 Å². The van der Waals surface area contributed by atoms with Crippen LogP contribution in [0, 0.1) is 29.1 Å². The third kappa shape index (κ3) is 9.06. The molecule has 5 N–H and O–H groups in total. The highest BCUT2D eigenvalue weighted by Gasteiger charge is 2.51. The van der Waals surface area contributed by atoms with Crippen molar-refractivity contribution in [1.29, 1.82) is 0 Å². The Hall–Kier alpha value is -3.22. The number of carbonyl (C=O) groups is 2. The van der Waals surface area contributed by atoms with Gasteiger partial charge in [0.15, 0.2) is 0 Å². The molecule has 1 aliphatic carbocycles. The van der Waals surface area contributed by atoms with E-state index < -0.39 is 24.2 Å². The Balaban J connectivity index is 1.70. The van der Waals surface area contributed by atoms with Gasteiger partial charge in [0.25, 0.3) is 5.91 Å². The average molecular weight is 709 g/mol. The Bertz CT molecular complexity index is 1500. The summed E-state index contributed by atoms with van der Waals surface area (Å²) in [6.07, 6.45) is -0.477. The zero-order valence-corrected chi connectivity index (χ0v) is 32.8. The summed E-state index contributed by atoms with van der Waals surface area (Å²) in [6, 6.07) is 11.0. The molecule has 2 fully saturated rings. The number of likely N-dealkylation sites (N-methyl/N-ethyl adjacent to an activating group) is 1. The lowest BCUT2D eigenvalue weighted by atomic mass is 9.58. The topological polar surface area (TPSA) is 133 Å². The molecule has 0 spiro atoms. The molecule has 0 bridgehead atoms. The number of rotatable bonds is 14. The number of benzene rings is 2. The minimum atomic E-state index is -0.825. The molecule has 1 aliphatic heterocycles. The van der Waals surface area contributed by atoms with E-state index in [4.69, 9.17) is 15.3 Å². The van der Waals surface area contributed by atoms with Gasteiger partial charge in [-0.15, -0.1) is 0 Å². The number of hydrogen-bond donors (Lipinski definition) is 4. The molecule has 2 aromatic rings. The number of nitrogens with two attached hydrogens (primary N) is 1. The minimum Gasteiger partial charge on any atom is -0.493 e. The summed E-state index contributed by atoms with van der Waals surface area (Å²) in [4.78, 5) is 38.1. The van der Waals surface area contributed by atoms with Crippen LogP contribution in [-0.4, -0.2) is 106 Å². The molecule has 0 aromatic heterocycles. The quantitative estimate of drug-likeness (QED) is 0.226. The van der Waals surface area contributed by atoms with Crippen molar-refractivity contribution in [3.8, 4) is 16.9 Å². The fourth-order valence-corrected chi connectivity index (χ4v) is 7.82. The number of ether oxygens (including phenoxy) is 1. The van der Waals surface area contributed by atoms with Crippen LogP contribution in [0.5, 0.6) is 5.75 Å². The summed E-state index contributed by atoms with van der Waals surface area (Å²) in [5.74, 6) is 0.945. The second-order valence-corrected chi connectivity index (χ2v) is 15.9. The monoisotopic (exact) mass is 708 g/mol. The SMILES string of the molecule is CCOc1c(CN2O[C@@H](CN)[C@@H]([C@H](C)O)[C@H]2C(=O)N[C@H]2C[C@@H](C)C(C)(C)[C@@H](C)[C@@H]2C)cccc1-c1cc(C(=O)NCCN(C)C)cc(N(C)C)c1. The second kappa shape index (κ2) is 17.1. The van der Waals surface area contributed by atoms with Crippen LogP contribution in [0.15, 0.2) is 36.4 Å². The third-order valence-corrected chi connectivity index (χ3v) is 11.8. The molecule has 51 heavy (non-hydrogen) atoms. The van der Waals surface area contributed by atoms with Gasteiger partial charge >= 0.3 is 0 Å². The van der Waals surface area contributed by atoms with E-state index in [0.29, 0.717) is 36.3 Å². The van der Waals surface area contributed by atoms with Crippen molar-refractivity contribution in [2.45, 2.75) is 85.7 Å². The third-order valence-electron chi connectivity index (χ3n) is 11.8. The van der Waals surface area contributed by atoms with Crippen LogP contribution in [-0.2, 0) is 16.2 Å².